The summed E-state index contributed by atoms with van der Waals surface area (Å²) in [6, 6.07) is 4.00. The minimum Gasteiger partial charge on any atom is -0.462 e. The lowest BCUT2D eigenvalue weighted by Gasteiger charge is -2.32. The number of carbonyl (C=O) groups is 1. The predicted octanol–water partition coefficient (Wildman–Crippen LogP) is 3.42. The van der Waals surface area contributed by atoms with Crippen molar-refractivity contribution in [2.75, 3.05) is 6.54 Å². The van der Waals surface area contributed by atoms with Crippen LogP contribution in [0.15, 0.2) is 28.2 Å². The summed E-state index contributed by atoms with van der Waals surface area (Å²) < 4.78 is 5.30. The molecule has 1 amide bonds. The molecule has 5 heteroatoms. The molecule has 100 valence electrons. The van der Waals surface area contributed by atoms with E-state index in [1.54, 1.807) is 6.26 Å². The number of hydrogen-bond acceptors (Lipinski definition) is 4. The van der Waals surface area contributed by atoms with E-state index in [2.05, 4.69) is 11.9 Å². The maximum absolute atomic E-state index is 12.4. The van der Waals surface area contributed by atoms with E-state index in [1.807, 2.05) is 22.4 Å². The quantitative estimate of drug-likeness (QED) is 0.844. The lowest BCUT2D eigenvalue weighted by atomic mass is 10.0. The van der Waals surface area contributed by atoms with Crippen molar-refractivity contribution in [3.8, 4) is 10.8 Å². The summed E-state index contributed by atoms with van der Waals surface area (Å²) >= 11 is 1.45. The van der Waals surface area contributed by atoms with E-state index < -0.39 is 0 Å². The molecule has 3 heterocycles. The zero-order valence-electron chi connectivity index (χ0n) is 10.8. The Morgan fingerprint density at radius 1 is 1.53 bits per heavy atom. The maximum Gasteiger partial charge on any atom is 0.273 e. The fraction of sp³-hybridized carbons (Fsp3) is 0.429. The number of piperidine rings is 1. The summed E-state index contributed by atoms with van der Waals surface area (Å²) in [5.41, 5.74) is 0.533. The van der Waals surface area contributed by atoms with Crippen molar-refractivity contribution >= 4 is 17.2 Å². The van der Waals surface area contributed by atoms with E-state index in [1.165, 1.54) is 17.8 Å². The van der Waals surface area contributed by atoms with Crippen LogP contribution in [-0.4, -0.2) is 28.4 Å². The second kappa shape index (κ2) is 5.17. The third kappa shape index (κ3) is 2.42. The van der Waals surface area contributed by atoms with Crippen LogP contribution < -0.4 is 0 Å². The summed E-state index contributed by atoms with van der Waals surface area (Å²) in [5, 5.41) is 2.58. The Hall–Kier alpha value is -1.62. The van der Waals surface area contributed by atoms with Gasteiger partial charge >= 0.3 is 0 Å². The number of carbonyl (C=O) groups excluding carboxylic acids is 1. The molecular formula is C14H16N2O2S. The lowest BCUT2D eigenvalue weighted by Crippen LogP contribution is -2.42. The predicted molar refractivity (Wildman–Crippen MR) is 74.2 cm³/mol. The fourth-order valence-electron chi connectivity index (χ4n) is 2.43. The Morgan fingerprint density at radius 2 is 2.42 bits per heavy atom. The molecule has 1 atom stereocenters. The van der Waals surface area contributed by atoms with E-state index in [0.29, 0.717) is 11.7 Å². The van der Waals surface area contributed by atoms with Crippen molar-refractivity contribution in [1.82, 2.24) is 9.88 Å². The minimum absolute atomic E-state index is 0.0428. The number of rotatable bonds is 2. The molecule has 1 aliphatic rings. The number of aromatic nitrogens is 1. The van der Waals surface area contributed by atoms with Crippen LogP contribution in [-0.2, 0) is 0 Å². The Kier molecular flexibility index (Phi) is 3.38. The highest BCUT2D eigenvalue weighted by atomic mass is 32.1. The van der Waals surface area contributed by atoms with Gasteiger partial charge in [0.2, 0.25) is 0 Å². The van der Waals surface area contributed by atoms with Gasteiger partial charge < -0.3 is 9.32 Å². The average molecular weight is 276 g/mol. The largest absolute Gasteiger partial charge is 0.462 e. The van der Waals surface area contributed by atoms with Crippen LogP contribution in [0.5, 0.6) is 0 Å². The Bertz CT molecular complexity index is 562. The molecule has 2 aromatic heterocycles. The van der Waals surface area contributed by atoms with Gasteiger partial charge in [0.25, 0.3) is 5.91 Å². The summed E-state index contributed by atoms with van der Waals surface area (Å²) in [4.78, 5) is 18.8. The second-order valence-corrected chi connectivity index (χ2v) is 5.72. The van der Waals surface area contributed by atoms with Crippen molar-refractivity contribution in [1.29, 1.82) is 0 Å². The summed E-state index contributed by atoms with van der Waals surface area (Å²) in [5.74, 6) is 0.761. The number of furan rings is 1. The third-order valence-electron chi connectivity index (χ3n) is 3.52. The van der Waals surface area contributed by atoms with Crippen molar-refractivity contribution in [3.05, 3.63) is 29.5 Å². The average Bonchev–Trinajstić information content (AvgIpc) is 3.09. The topological polar surface area (TPSA) is 46.3 Å². The van der Waals surface area contributed by atoms with Crippen LogP contribution in [0.2, 0.25) is 0 Å². The number of nitrogens with zero attached hydrogens (tertiary/aromatic N) is 2. The third-order valence-corrected chi connectivity index (χ3v) is 4.38. The van der Waals surface area contributed by atoms with Gasteiger partial charge in [0.05, 0.1) is 6.26 Å². The number of likely N-dealkylation sites (tertiary alicyclic amines) is 1. The van der Waals surface area contributed by atoms with E-state index in [-0.39, 0.29) is 5.91 Å². The SMILES string of the molecule is C[C@H]1CCCCN1C(=O)c1csc(-c2ccco2)n1. The van der Waals surface area contributed by atoms with Gasteiger partial charge in [-0.15, -0.1) is 11.3 Å². The molecule has 2 aromatic rings. The molecule has 0 aliphatic carbocycles. The summed E-state index contributed by atoms with van der Waals surface area (Å²) in [6.07, 6.45) is 5.00. The van der Waals surface area contributed by atoms with Crippen LogP contribution in [0.25, 0.3) is 10.8 Å². The van der Waals surface area contributed by atoms with E-state index in [0.717, 1.165) is 30.2 Å². The van der Waals surface area contributed by atoms with Crippen LogP contribution in [0, 0.1) is 0 Å². The van der Waals surface area contributed by atoms with Gasteiger partial charge in [-0.3, -0.25) is 4.79 Å². The van der Waals surface area contributed by atoms with Gasteiger partial charge in [-0.25, -0.2) is 4.98 Å². The van der Waals surface area contributed by atoms with Gasteiger partial charge in [0.15, 0.2) is 10.8 Å². The molecule has 4 nitrogen and oxygen atoms in total. The van der Waals surface area contributed by atoms with Gasteiger partial charge in [0.1, 0.15) is 5.69 Å². The normalized spacial score (nSPS) is 19.6. The van der Waals surface area contributed by atoms with Gasteiger partial charge in [-0.2, -0.15) is 0 Å². The standard InChI is InChI=1S/C14H16N2O2S/c1-10-5-2-3-7-16(10)14(17)11-9-19-13(15-11)12-6-4-8-18-12/h4,6,8-10H,2-3,5,7H2,1H3/t10-/m0/s1. The van der Waals surface area contributed by atoms with E-state index >= 15 is 0 Å². The van der Waals surface area contributed by atoms with Crippen LogP contribution in [0.4, 0.5) is 0 Å². The smallest absolute Gasteiger partial charge is 0.273 e. The Morgan fingerprint density at radius 3 is 3.16 bits per heavy atom. The fourth-order valence-corrected chi connectivity index (χ4v) is 3.19. The maximum atomic E-state index is 12.4. The van der Waals surface area contributed by atoms with Gasteiger partial charge in [-0.1, -0.05) is 0 Å². The molecule has 0 saturated carbocycles. The first-order chi connectivity index (χ1) is 9.25. The summed E-state index contributed by atoms with van der Waals surface area (Å²) in [6.45, 7) is 2.95. The molecule has 0 radical (unpaired) electrons. The van der Waals surface area contributed by atoms with Crippen LogP contribution in [0.1, 0.15) is 36.7 Å². The molecule has 1 fully saturated rings. The number of amides is 1. The zero-order chi connectivity index (χ0) is 13.2. The minimum atomic E-state index is 0.0428. The Labute approximate surface area is 116 Å². The Balaban J connectivity index is 1.80. The molecule has 1 aliphatic heterocycles. The highest BCUT2D eigenvalue weighted by Gasteiger charge is 2.26. The molecule has 1 saturated heterocycles. The molecule has 3 rings (SSSR count). The van der Waals surface area contributed by atoms with Crippen molar-refractivity contribution in [2.24, 2.45) is 0 Å². The molecule has 19 heavy (non-hydrogen) atoms. The first-order valence-electron chi connectivity index (χ1n) is 6.56. The highest BCUT2D eigenvalue weighted by molar-refractivity contribution is 7.13. The molecule has 0 unspecified atom stereocenters. The second-order valence-electron chi connectivity index (χ2n) is 4.86. The van der Waals surface area contributed by atoms with E-state index in [4.69, 9.17) is 4.42 Å². The molecule has 0 spiro atoms. The summed E-state index contributed by atoms with van der Waals surface area (Å²) in [7, 11) is 0. The molecule has 0 N–H and O–H groups in total. The van der Waals surface area contributed by atoms with Crippen molar-refractivity contribution < 1.29 is 9.21 Å². The van der Waals surface area contributed by atoms with Crippen LogP contribution in [0.3, 0.4) is 0 Å². The number of hydrogen-bond donors (Lipinski definition) is 0. The van der Waals surface area contributed by atoms with Crippen LogP contribution >= 0.6 is 11.3 Å². The number of thiazole rings is 1. The molecular weight excluding hydrogens is 260 g/mol. The zero-order valence-corrected chi connectivity index (χ0v) is 11.7. The first kappa shape index (κ1) is 12.4. The molecule has 0 aromatic carbocycles. The lowest BCUT2D eigenvalue weighted by molar-refractivity contribution is 0.0630. The van der Waals surface area contributed by atoms with Gasteiger partial charge in [-0.05, 0) is 38.3 Å². The first-order valence-corrected chi connectivity index (χ1v) is 7.44. The monoisotopic (exact) mass is 276 g/mol. The van der Waals surface area contributed by atoms with E-state index in [9.17, 15) is 4.79 Å². The van der Waals surface area contributed by atoms with Crippen molar-refractivity contribution in [2.45, 2.75) is 32.2 Å². The van der Waals surface area contributed by atoms with Crippen molar-refractivity contribution in [3.63, 3.8) is 0 Å². The highest BCUT2D eigenvalue weighted by Crippen LogP contribution is 2.26. The van der Waals surface area contributed by atoms with Gasteiger partial charge in [0, 0.05) is 18.0 Å². The molecule has 0 bridgehead atoms.